The summed E-state index contributed by atoms with van der Waals surface area (Å²) in [6.07, 6.45) is 5.21. The van der Waals surface area contributed by atoms with Crippen molar-refractivity contribution in [1.82, 2.24) is 14.8 Å². The van der Waals surface area contributed by atoms with Crippen molar-refractivity contribution >= 4 is 11.6 Å². The Balaban J connectivity index is 1.44. The number of ether oxygens (including phenoxy) is 1. The molecule has 1 amide bonds. The molecule has 0 aliphatic heterocycles. The molecule has 0 bridgehead atoms. The zero-order valence-corrected chi connectivity index (χ0v) is 17.6. The highest BCUT2D eigenvalue weighted by molar-refractivity contribution is 6.08. The second-order valence-electron chi connectivity index (χ2n) is 7.37. The number of hydrogen-bond donors (Lipinski definition) is 1. The maximum Gasteiger partial charge on any atom is 0.256 e. The number of pyridine rings is 1. The van der Waals surface area contributed by atoms with Gasteiger partial charge in [-0.3, -0.25) is 9.48 Å². The molecule has 6 heteroatoms. The average molecular weight is 412 g/mol. The van der Waals surface area contributed by atoms with Crippen LogP contribution in [0.2, 0.25) is 0 Å². The first-order chi connectivity index (χ1) is 15.1. The molecule has 0 unspecified atom stereocenters. The first kappa shape index (κ1) is 20.3. The van der Waals surface area contributed by atoms with Crippen LogP contribution >= 0.6 is 0 Å². The van der Waals surface area contributed by atoms with Gasteiger partial charge in [0.1, 0.15) is 6.61 Å². The van der Waals surface area contributed by atoms with E-state index in [4.69, 9.17) is 4.74 Å². The molecule has 0 atom stereocenters. The summed E-state index contributed by atoms with van der Waals surface area (Å²) in [5, 5.41) is 7.06. The Kier molecular flexibility index (Phi) is 6.08. The normalized spacial score (nSPS) is 10.6. The van der Waals surface area contributed by atoms with Crippen LogP contribution < -0.4 is 10.1 Å². The molecular formula is C25H24N4O2. The van der Waals surface area contributed by atoms with Crippen molar-refractivity contribution in [3.8, 4) is 17.0 Å². The second-order valence-corrected chi connectivity index (χ2v) is 7.37. The number of carbonyl (C=O) groups is 1. The molecule has 6 nitrogen and oxygen atoms in total. The minimum atomic E-state index is -0.176. The summed E-state index contributed by atoms with van der Waals surface area (Å²) in [7, 11) is 0. The van der Waals surface area contributed by atoms with Crippen LogP contribution in [0.1, 0.15) is 21.5 Å². The number of hydrogen-bond acceptors (Lipinski definition) is 4. The Bertz CT molecular complexity index is 1150. The minimum absolute atomic E-state index is 0.176. The van der Waals surface area contributed by atoms with Gasteiger partial charge < -0.3 is 10.1 Å². The summed E-state index contributed by atoms with van der Waals surface area (Å²) in [6.45, 7) is 5.17. The van der Waals surface area contributed by atoms with E-state index >= 15 is 0 Å². The number of aromatic nitrogens is 3. The second kappa shape index (κ2) is 9.26. The molecule has 0 aliphatic rings. The quantitative estimate of drug-likeness (QED) is 0.469. The lowest BCUT2D eigenvalue weighted by Crippen LogP contribution is -2.14. The van der Waals surface area contributed by atoms with E-state index in [1.54, 1.807) is 29.2 Å². The van der Waals surface area contributed by atoms with Crippen LogP contribution in [0, 0.1) is 13.8 Å². The van der Waals surface area contributed by atoms with Crippen molar-refractivity contribution in [3.05, 3.63) is 95.9 Å². The van der Waals surface area contributed by atoms with E-state index in [9.17, 15) is 4.79 Å². The van der Waals surface area contributed by atoms with Gasteiger partial charge in [-0.05, 0) is 43.2 Å². The molecule has 2 heterocycles. The van der Waals surface area contributed by atoms with Crippen LogP contribution in [0.4, 0.5) is 5.69 Å². The highest BCUT2D eigenvalue weighted by Crippen LogP contribution is 2.26. The number of carbonyl (C=O) groups excluding carboxylic acids is 1. The highest BCUT2D eigenvalue weighted by atomic mass is 16.5. The third-order valence-corrected chi connectivity index (χ3v) is 4.91. The summed E-state index contributed by atoms with van der Waals surface area (Å²) < 4.78 is 7.43. The van der Waals surface area contributed by atoms with Gasteiger partial charge >= 0.3 is 0 Å². The smallest absolute Gasteiger partial charge is 0.256 e. The van der Waals surface area contributed by atoms with Gasteiger partial charge in [-0.2, -0.15) is 5.10 Å². The molecule has 2 aromatic heterocycles. The SMILES string of the molecule is Cc1ccc(-c2cc(C)ccc2C(=O)Nc2ccc(OCCn3cccn3)nc2)cc1. The third-order valence-electron chi connectivity index (χ3n) is 4.91. The molecular weight excluding hydrogens is 388 g/mol. The van der Waals surface area contributed by atoms with Crippen molar-refractivity contribution in [2.75, 3.05) is 11.9 Å². The lowest BCUT2D eigenvalue weighted by molar-refractivity contribution is 0.102. The third kappa shape index (κ3) is 5.17. The van der Waals surface area contributed by atoms with Crippen molar-refractivity contribution in [2.24, 2.45) is 0 Å². The Morgan fingerprint density at radius 2 is 1.84 bits per heavy atom. The highest BCUT2D eigenvalue weighted by Gasteiger charge is 2.14. The van der Waals surface area contributed by atoms with E-state index in [2.05, 4.69) is 15.4 Å². The maximum atomic E-state index is 13.0. The fourth-order valence-electron chi connectivity index (χ4n) is 3.24. The van der Waals surface area contributed by atoms with Crippen LogP contribution in [0.25, 0.3) is 11.1 Å². The number of nitrogens with zero attached hydrogens (tertiary/aromatic N) is 3. The maximum absolute atomic E-state index is 13.0. The largest absolute Gasteiger partial charge is 0.476 e. The molecule has 4 aromatic rings. The van der Waals surface area contributed by atoms with Crippen molar-refractivity contribution in [3.63, 3.8) is 0 Å². The zero-order valence-electron chi connectivity index (χ0n) is 17.6. The monoisotopic (exact) mass is 412 g/mol. The van der Waals surface area contributed by atoms with E-state index in [0.717, 1.165) is 16.7 Å². The first-order valence-corrected chi connectivity index (χ1v) is 10.1. The topological polar surface area (TPSA) is 69.0 Å². The number of rotatable bonds is 7. The van der Waals surface area contributed by atoms with E-state index in [1.807, 2.05) is 68.6 Å². The number of aryl methyl sites for hydroxylation is 2. The number of benzene rings is 2. The van der Waals surface area contributed by atoms with Gasteiger partial charge in [0.05, 0.1) is 18.4 Å². The molecule has 0 radical (unpaired) electrons. The van der Waals surface area contributed by atoms with Gasteiger partial charge in [-0.15, -0.1) is 0 Å². The molecule has 0 fully saturated rings. The predicted octanol–water partition coefficient (Wildman–Crippen LogP) is 4.89. The Morgan fingerprint density at radius 1 is 1.03 bits per heavy atom. The Hall–Kier alpha value is -3.93. The molecule has 156 valence electrons. The van der Waals surface area contributed by atoms with Gasteiger partial charge in [-0.25, -0.2) is 4.98 Å². The fraction of sp³-hybridized carbons (Fsp3) is 0.160. The molecule has 0 saturated heterocycles. The van der Waals surface area contributed by atoms with E-state index in [1.165, 1.54) is 5.56 Å². The molecule has 0 aliphatic carbocycles. The summed E-state index contributed by atoms with van der Waals surface area (Å²) in [6, 6.07) is 19.4. The summed E-state index contributed by atoms with van der Waals surface area (Å²) >= 11 is 0. The van der Waals surface area contributed by atoms with E-state index < -0.39 is 0 Å². The van der Waals surface area contributed by atoms with Crippen LogP contribution in [-0.4, -0.2) is 27.3 Å². The van der Waals surface area contributed by atoms with Gasteiger partial charge in [0.2, 0.25) is 5.88 Å². The van der Waals surface area contributed by atoms with E-state index in [0.29, 0.717) is 30.3 Å². The summed E-state index contributed by atoms with van der Waals surface area (Å²) in [5.74, 6) is 0.325. The van der Waals surface area contributed by atoms with E-state index in [-0.39, 0.29) is 5.91 Å². The number of anilines is 1. The van der Waals surface area contributed by atoms with Crippen LogP contribution in [0.5, 0.6) is 5.88 Å². The van der Waals surface area contributed by atoms with Gasteiger partial charge in [-0.1, -0.05) is 47.5 Å². The van der Waals surface area contributed by atoms with Gasteiger partial charge in [0.15, 0.2) is 0 Å². The molecule has 0 saturated carbocycles. The molecule has 1 N–H and O–H groups in total. The average Bonchev–Trinajstić information content (AvgIpc) is 3.29. The Labute approximate surface area is 181 Å². The molecule has 4 rings (SSSR count). The van der Waals surface area contributed by atoms with Crippen molar-refractivity contribution in [2.45, 2.75) is 20.4 Å². The first-order valence-electron chi connectivity index (χ1n) is 10.1. The van der Waals surface area contributed by atoms with Gasteiger partial charge in [0.25, 0.3) is 5.91 Å². The standard InChI is InChI=1S/C25H24N4O2/c1-18-4-7-20(8-5-18)23-16-19(2)6-10-22(23)25(30)28-21-9-11-24(26-17-21)31-15-14-29-13-3-12-27-29/h3-13,16-17H,14-15H2,1-2H3,(H,28,30). The van der Waals surface area contributed by atoms with Crippen LogP contribution in [0.3, 0.4) is 0 Å². The molecule has 2 aromatic carbocycles. The Morgan fingerprint density at radius 3 is 2.55 bits per heavy atom. The van der Waals surface area contributed by atoms with Crippen LogP contribution in [0.15, 0.2) is 79.3 Å². The number of nitrogens with one attached hydrogen (secondary N) is 1. The lowest BCUT2D eigenvalue weighted by Gasteiger charge is -2.12. The zero-order chi connectivity index (χ0) is 21.6. The lowest BCUT2D eigenvalue weighted by atomic mass is 9.96. The number of amides is 1. The fourth-order valence-corrected chi connectivity index (χ4v) is 3.24. The summed E-state index contributed by atoms with van der Waals surface area (Å²) in [4.78, 5) is 17.3. The summed E-state index contributed by atoms with van der Waals surface area (Å²) in [5.41, 5.74) is 5.43. The molecule has 0 spiro atoms. The minimum Gasteiger partial charge on any atom is -0.476 e. The molecule has 31 heavy (non-hydrogen) atoms. The van der Waals surface area contributed by atoms with Crippen molar-refractivity contribution in [1.29, 1.82) is 0 Å². The van der Waals surface area contributed by atoms with Crippen molar-refractivity contribution < 1.29 is 9.53 Å². The van der Waals surface area contributed by atoms with Gasteiger partial charge in [0, 0.05) is 24.0 Å². The van der Waals surface area contributed by atoms with Crippen LogP contribution in [-0.2, 0) is 6.54 Å². The predicted molar refractivity (Wildman–Crippen MR) is 121 cm³/mol.